The fraction of sp³-hybridized carbons (Fsp3) is 0.211. The van der Waals surface area contributed by atoms with E-state index in [2.05, 4.69) is 27.5 Å². The van der Waals surface area contributed by atoms with E-state index in [1.807, 2.05) is 18.2 Å². The van der Waals surface area contributed by atoms with E-state index in [1.165, 1.54) is 0 Å². The summed E-state index contributed by atoms with van der Waals surface area (Å²) in [4.78, 5) is 16.0. The van der Waals surface area contributed by atoms with Crippen molar-refractivity contribution in [2.24, 2.45) is 5.92 Å². The summed E-state index contributed by atoms with van der Waals surface area (Å²) in [5, 5.41) is 9.37. The first-order valence-electron chi connectivity index (χ1n) is 8.29. The summed E-state index contributed by atoms with van der Waals surface area (Å²) in [5.74, 6) is 0.985. The minimum Gasteiger partial charge on any atom is -0.497 e. The molecule has 3 rings (SSSR count). The Morgan fingerprint density at radius 2 is 2.07 bits per heavy atom. The molecule has 0 aliphatic carbocycles. The molecular weight excluding hydrogens is 364 g/mol. The van der Waals surface area contributed by atoms with Gasteiger partial charge in [-0.05, 0) is 36.5 Å². The van der Waals surface area contributed by atoms with Gasteiger partial charge in [-0.3, -0.25) is 0 Å². The minimum absolute atomic E-state index is 0.236. The first kappa shape index (κ1) is 18.7. The van der Waals surface area contributed by atoms with E-state index < -0.39 is 12.0 Å². The van der Waals surface area contributed by atoms with Crippen molar-refractivity contribution < 1.29 is 19.3 Å². The van der Waals surface area contributed by atoms with Gasteiger partial charge in [-0.15, -0.1) is 0 Å². The van der Waals surface area contributed by atoms with Gasteiger partial charge in [0.1, 0.15) is 17.4 Å². The standard InChI is InChI=1S/C19H20N4O3S/c1-11-16(18(24)22-15-6-4-5-9-20-15)17(23-19(27)21-11)13-10-12(25-2)7-8-14(13)26-3/h4-10,16-17H,1H2,2-3H3,(H,20,22,24)(H2,21,23,27)/p+1. The molecule has 1 aromatic carbocycles. The first-order chi connectivity index (χ1) is 13.0. The molecule has 0 radical (unpaired) electrons. The number of hydrogen-bond donors (Lipinski definition) is 3. The van der Waals surface area contributed by atoms with Gasteiger partial charge in [0, 0.05) is 17.3 Å². The maximum absolute atomic E-state index is 13.0. The maximum atomic E-state index is 13.0. The molecule has 1 fully saturated rings. The van der Waals surface area contributed by atoms with Crippen molar-refractivity contribution in [3.63, 3.8) is 0 Å². The molecule has 1 amide bonds. The molecule has 2 unspecified atom stereocenters. The van der Waals surface area contributed by atoms with Crippen LogP contribution in [0.15, 0.2) is 54.9 Å². The third-order valence-electron chi connectivity index (χ3n) is 4.29. The van der Waals surface area contributed by atoms with Crippen molar-refractivity contribution in [3.8, 4) is 11.5 Å². The zero-order valence-electron chi connectivity index (χ0n) is 15.0. The molecule has 8 heteroatoms. The van der Waals surface area contributed by atoms with Crippen LogP contribution in [0.4, 0.5) is 5.82 Å². The number of pyridine rings is 1. The molecule has 140 valence electrons. The Morgan fingerprint density at radius 3 is 2.74 bits per heavy atom. The normalized spacial score (nSPS) is 18.9. The Kier molecular flexibility index (Phi) is 5.56. The van der Waals surface area contributed by atoms with E-state index >= 15 is 0 Å². The summed E-state index contributed by atoms with van der Waals surface area (Å²) in [7, 11) is 3.16. The number of carbonyl (C=O) groups excluding carboxylic acids is 1. The van der Waals surface area contributed by atoms with Crippen LogP contribution >= 0.6 is 12.2 Å². The van der Waals surface area contributed by atoms with E-state index in [0.717, 1.165) is 5.56 Å². The maximum Gasteiger partial charge on any atom is 0.318 e. The zero-order valence-corrected chi connectivity index (χ0v) is 15.9. The van der Waals surface area contributed by atoms with Gasteiger partial charge >= 0.3 is 5.91 Å². The smallest absolute Gasteiger partial charge is 0.318 e. The minimum atomic E-state index is -0.633. The Bertz CT molecular complexity index is 873. The molecule has 0 spiro atoms. The van der Waals surface area contributed by atoms with Crippen molar-refractivity contribution in [1.29, 1.82) is 0 Å². The monoisotopic (exact) mass is 385 g/mol. The lowest BCUT2D eigenvalue weighted by Crippen LogP contribution is -2.52. The van der Waals surface area contributed by atoms with Gasteiger partial charge in [0.15, 0.2) is 5.11 Å². The molecule has 2 atom stereocenters. The molecule has 0 bridgehead atoms. The molecule has 2 aromatic rings. The second kappa shape index (κ2) is 8.05. The molecule has 1 aliphatic heterocycles. The van der Waals surface area contributed by atoms with Gasteiger partial charge in [0.05, 0.1) is 26.5 Å². The Hall–Kier alpha value is -3.13. The molecule has 4 N–H and O–H groups in total. The lowest BCUT2D eigenvalue weighted by Gasteiger charge is -2.34. The lowest BCUT2D eigenvalue weighted by atomic mass is 9.87. The van der Waals surface area contributed by atoms with Gasteiger partial charge in [-0.1, -0.05) is 12.6 Å². The number of hydrogen-bond acceptors (Lipinski definition) is 4. The highest BCUT2D eigenvalue weighted by Gasteiger charge is 2.40. The number of methoxy groups -OCH3 is 2. The van der Waals surface area contributed by atoms with Crippen LogP contribution in [-0.4, -0.2) is 25.2 Å². The van der Waals surface area contributed by atoms with Crippen LogP contribution in [0, 0.1) is 5.92 Å². The fourth-order valence-corrected chi connectivity index (χ4v) is 3.27. The number of H-pyrrole nitrogens is 1. The van der Waals surface area contributed by atoms with E-state index in [1.54, 1.807) is 38.6 Å². The Labute approximate surface area is 162 Å². The van der Waals surface area contributed by atoms with E-state index in [9.17, 15) is 4.79 Å². The number of anilines is 1. The number of aromatic amines is 1. The number of thiocarbonyl (C=S) groups is 1. The second-order valence-corrected chi connectivity index (χ2v) is 6.36. The van der Waals surface area contributed by atoms with Crippen molar-refractivity contribution in [3.05, 3.63) is 60.4 Å². The number of carbonyl (C=O) groups is 1. The van der Waals surface area contributed by atoms with Gasteiger partial charge in [-0.2, -0.15) is 0 Å². The van der Waals surface area contributed by atoms with Crippen molar-refractivity contribution in [2.45, 2.75) is 6.04 Å². The van der Waals surface area contributed by atoms with E-state index in [4.69, 9.17) is 21.7 Å². The van der Waals surface area contributed by atoms with E-state index in [0.29, 0.717) is 28.1 Å². The molecule has 2 heterocycles. The average Bonchev–Trinajstić information content (AvgIpc) is 2.67. The van der Waals surface area contributed by atoms with Crippen LogP contribution in [-0.2, 0) is 4.79 Å². The molecule has 1 aliphatic rings. The topological polar surface area (TPSA) is 85.8 Å². The first-order valence-corrected chi connectivity index (χ1v) is 8.70. The molecule has 1 aromatic heterocycles. The predicted octanol–water partition coefficient (Wildman–Crippen LogP) is 1.81. The number of ether oxygens (including phenoxy) is 2. The Morgan fingerprint density at radius 1 is 1.26 bits per heavy atom. The third kappa shape index (κ3) is 4.01. The summed E-state index contributed by atoms with van der Waals surface area (Å²) < 4.78 is 10.8. The number of nitrogens with one attached hydrogen (secondary N) is 4. The van der Waals surface area contributed by atoms with E-state index in [-0.39, 0.29) is 5.91 Å². The van der Waals surface area contributed by atoms with Gasteiger partial charge < -0.3 is 20.1 Å². The number of amides is 1. The fourth-order valence-electron chi connectivity index (χ4n) is 3.02. The molecule has 0 saturated carbocycles. The third-order valence-corrected chi connectivity index (χ3v) is 4.51. The van der Waals surface area contributed by atoms with Crippen LogP contribution in [0.5, 0.6) is 11.5 Å². The highest BCUT2D eigenvalue weighted by atomic mass is 32.1. The predicted molar refractivity (Wildman–Crippen MR) is 105 cm³/mol. The number of aromatic nitrogens is 1. The zero-order chi connectivity index (χ0) is 19.4. The summed E-state index contributed by atoms with van der Waals surface area (Å²) in [6, 6.07) is 10.4. The highest BCUT2D eigenvalue weighted by molar-refractivity contribution is 7.80. The number of benzene rings is 1. The number of rotatable bonds is 5. The van der Waals surface area contributed by atoms with Crippen LogP contribution in [0.3, 0.4) is 0 Å². The van der Waals surface area contributed by atoms with Gasteiger partial charge in [0.2, 0.25) is 0 Å². The van der Waals surface area contributed by atoms with Crippen LogP contribution in [0.25, 0.3) is 0 Å². The second-order valence-electron chi connectivity index (χ2n) is 5.95. The van der Waals surface area contributed by atoms with Crippen molar-refractivity contribution in [1.82, 2.24) is 10.6 Å². The van der Waals surface area contributed by atoms with Crippen molar-refractivity contribution >= 4 is 29.1 Å². The average molecular weight is 385 g/mol. The summed E-state index contributed by atoms with van der Waals surface area (Å²) >= 11 is 5.28. The SMILES string of the molecule is C=C1NC(=S)NC(c2cc(OC)ccc2OC)C1C(=O)Nc1cccc[nH+]1. The largest absolute Gasteiger partial charge is 0.497 e. The Balaban J connectivity index is 1.98. The summed E-state index contributed by atoms with van der Waals surface area (Å²) in [6.45, 7) is 4.00. The van der Waals surface area contributed by atoms with Crippen LogP contribution in [0.2, 0.25) is 0 Å². The quantitative estimate of drug-likeness (QED) is 0.681. The van der Waals surface area contributed by atoms with Gasteiger partial charge in [0.25, 0.3) is 5.82 Å². The van der Waals surface area contributed by atoms with Crippen molar-refractivity contribution in [2.75, 3.05) is 19.5 Å². The lowest BCUT2D eigenvalue weighted by molar-refractivity contribution is -0.360. The summed E-state index contributed by atoms with van der Waals surface area (Å²) in [5.41, 5.74) is 1.25. The molecule has 27 heavy (non-hydrogen) atoms. The summed E-state index contributed by atoms with van der Waals surface area (Å²) in [6.07, 6.45) is 1.74. The van der Waals surface area contributed by atoms with Gasteiger partial charge in [-0.25, -0.2) is 15.1 Å². The van der Waals surface area contributed by atoms with Crippen LogP contribution in [0.1, 0.15) is 11.6 Å². The highest BCUT2D eigenvalue weighted by Crippen LogP contribution is 2.37. The molecular formula is C19H21N4O3S+. The molecule has 7 nitrogen and oxygen atoms in total. The van der Waals surface area contributed by atoms with Crippen LogP contribution < -0.4 is 30.4 Å². The molecule has 1 saturated heterocycles.